The molecule has 0 aromatic rings. The molecule has 0 aliphatic carbocycles. The van der Waals surface area contributed by atoms with Crippen molar-refractivity contribution in [1.82, 2.24) is 0 Å². The number of hydrogen-bond donors (Lipinski definition) is 2. The fourth-order valence-electron chi connectivity index (χ4n) is 1.56. The van der Waals surface area contributed by atoms with Crippen molar-refractivity contribution in [1.29, 1.82) is 0 Å². The predicted molar refractivity (Wildman–Crippen MR) is 64.5 cm³/mol. The van der Waals surface area contributed by atoms with Crippen molar-refractivity contribution < 1.29 is 29.3 Å². The van der Waals surface area contributed by atoms with Gasteiger partial charge in [-0.2, -0.15) is 0 Å². The van der Waals surface area contributed by atoms with Crippen LogP contribution in [-0.2, 0) is 19.1 Å². The molecule has 0 spiro atoms. The van der Waals surface area contributed by atoms with Gasteiger partial charge in [0.15, 0.2) is 0 Å². The fourth-order valence-corrected chi connectivity index (χ4v) is 1.56. The first-order valence-corrected chi connectivity index (χ1v) is 5.71. The third kappa shape index (κ3) is 6.36. The van der Waals surface area contributed by atoms with E-state index in [0.29, 0.717) is 26.1 Å². The van der Waals surface area contributed by atoms with Crippen LogP contribution < -0.4 is 0 Å². The molecule has 0 atom stereocenters. The summed E-state index contributed by atoms with van der Waals surface area (Å²) in [5.74, 6) is -2.36. The second kappa shape index (κ2) is 9.61. The maximum absolute atomic E-state index is 11.1. The summed E-state index contributed by atoms with van der Waals surface area (Å²) < 4.78 is 9.66. The third-order valence-electron chi connectivity index (χ3n) is 2.43. The first-order valence-electron chi connectivity index (χ1n) is 5.71. The van der Waals surface area contributed by atoms with Gasteiger partial charge in [-0.3, -0.25) is 0 Å². The maximum atomic E-state index is 11.1. The third-order valence-corrected chi connectivity index (χ3v) is 2.43. The van der Waals surface area contributed by atoms with Gasteiger partial charge in [-0.05, 0) is 25.7 Å². The SMILES string of the molecule is COCCC/C(C(=O)O)=C(\CCCOC)C(=O)O. The van der Waals surface area contributed by atoms with Gasteiger partial charge >= 0.3 is 11.9 Å². The van der Waals surface area contributed by atoms with E-state index in [1.807, 2.05) is 0 Å². The summed E-state index contributed by atoms with van der Waals surface area (Å²) in [6.45, 7) is 0.809. The smallest absolute Gasteiger partial charge is 0.332 e. The fraction of sp³-hybridized carbons (Fsp3) is 0.667. The van der Waals surface area contributed by atoms with Crippen LogP contribution in [0.15, 0.2) is 11.1 Å². The van der Waals surface area contributed by atoms with Crippen molar-refractivity contribution in [3.05, 3.63) is 11.1 Å². The molecule has 0 amide bonds. The Labute approximate surface area is 106 Å². The molecule has 6 nitrogen and oxygen atoms in total. The lowest BCUT2D eigenvalue weighted by Gasteiger charge is -2.08. The molecule has 2 N–H and O–H groups in total. The number of carboxylic acid groups (broad SMARTS) is 2. The normalized spacial score (nSPS) is 12.1. The molecular weight excluding hydrogens is 240 g/mol. The lowest BCUT2D eigenvalue weighted by molar-refractivity contribution is -0.136. The van der Waals surface area contributed by atoms with E-state index in [1.165, 1.54) is 14.2 Å². The largest absolute Gasteiger partial charge is 0.478 e. The number of ether oxygens (including phenoxy) is 2. The number of aliphatic carboxylic acids is 2. The summed E-state index contributed by atoms with van der Waals surface area (Å²) in [7, 11) is 3.03. The van der Waals surface area contributed by atoms with Crippen molar-refractivity contribution in [2.24, 2.45) is 0 Å². The van der Waals surface area contributed by atoms with E-state index in [-0.39, 0.29) is 24.0 Å². The van der Waals surface area contributed by atoms with Crippen LogP contribution in [0.3, 0.4) is 0 Å². The van der Waals surface area contributed by atoms with E-state index in [2.05, 4.69) is 0 Å². The molecule has 18 heavy (non-hydrogen) atoms. The Kier molecular flexibility index (Phi) is 8.86. The van der Waals surface area contributed by atoms with Gasteiger partial charge in [-0.25, -0.2) is 9.59 Å². The van der Waals surface area contributed by atoms with E-state index in [0.717, 1.165) is 0 Å². The minimum Gasteiger partial charge on any atom is -0.478 e. The summed E-state index contributed by atoms with van der Waals surface area (Å²) in [4.78, 5) is 22.2. The summed E-state index contributed by atoms with van der Waals surface area (Å²) in [5, 5.41) is 18.1. The first kappa shape index (κ1) is 16.6. The van der Waals surface area contributed by atoms with Crippen LogP contribution in [0.2, 0.25) is 0 Å². The highest BCUT2D eigenvalue weighted by atomic mass is 16.5. The van der Waals surface area contributed by atoms with Crippen LogP contribution in [-0.4, -0.2) is 49.6 Å². The lowest BCUT2D eigenvalue weighted by Crippen LogP contribution is -2.13. The number of rotatable bonds is 10. The maximum Gasteiger partial charge on any atom is 0.332 e. The highest BCUT2D eigenvalue weighted by molar-refractivity contribution is 5.98. The van der Waals surface area contributed by atoms with E-state index in [4.69, 9.17) is 19.7 Å². The van der Waals surface area contributed by atoms with Crippen LogP contribution in [0.4, 0.5) is 0 Å². The molecular formula is C12H20O6. The highest BCUT2D eigenvalue weighted by Crippen LogP contribution is 2.17. The Morgan fingerprint density at radius 3 is 1.39 bits per heavy atom. The summed E-state index contributed by atoms with van der Waals surface area (Å²) in [6.07, 6.45) is 1.36. The molecule has 0 saturated heterocycles. The van der Waals surface area contributed by atoms with Crippen LogP contribution in [0, 0.1) is 0 Å². The van der Waals surface area contributed by atoms with Crippen LogP contribution in [0.5, 0.6) is 0 Å². The molecule has 0 aromatic heterocycles. The van der Waals surface area contributed by atoms with Crippen LogP contribution in [0.25, 0.3) is 0 Å². The van der Waals surface area contributed by atoms with Crippen molar-refractivity contribution in [2.45, 2.75) is 25.7 Å². The van der Waals surface area contributed by atoms with Gasteiger partial charge in [0.25, 0.3) is 0 Å². The zero-order valence-electron chi connectivity index (χ0n) is 10.8. The quantitative estimate of drug-likeness (QED) is 0.454. The molecule has 0 radical (unpaired) electrons. The minimum atomic E-state index is -1.18. The zero-order valence-corrected chi connectivity index (χ0v) is 10.8. The molecule has 0 fully saturated rings. The Bertz CT molecular complexity index is 278. The van der Waals surface area contributed by atoms with Gasteiger partial charge in [0.1, 0.15) is 0 Å². The Balaban J connectivity index is 4.80. The lowest BCUT2D eigenvalue weighted by atomic mass is 9.99. The molecule has 0 bridgehead atoms. The van der Waals surface area contributed by atoms with Gasteiger partial charge in [0.05, 0.1) is 0 Å². The van der Waals surface area contributed by atoms with Gasteiger partial charge in [0.2, 0.25) is 0 Å². The predicted octanol–water partition coefficient (Wildman–Crippen LogP) is 1.31. The molecule has 0 unspecified atom stereocenters. The Hall–Kier alpha value is -1.40. The van der Waals surface area contributed by atoms with Crippen molar-refractivity contribution >= 4 is 11.9 Å². The van der Waals surface area contributed by atoms with E-state index < -0.39 is 11.9 Å². The summed E-state index contributed by atoms with van der Waals surface area (Å²) in [6, 6.07) is 0. The monoisotopic (exact) mass is 260 g/mol. The van der Waals surface area contributed by atoms with Gasteiger partial charge in [-0.1, -0.05) is 0 Å². The van der Waals surface area contributed by atoms with Crippen molar-refractivity contribution in [3.8, 4) is 0 Å². The molecule has 0 aliphatic heterocycles. The van der Waals surface area contributed by atoms with E-state index in [9.17, 15) is 9.59 Å². The molecule has 104 valence electrons. The summed E-state index contributed by atoms with van der Waals surface area (Å²) >= 11 is 0. The van der Waals surface area contributed by atoms with Crippen LogP contribution >= 0.6 is 0 Å². The molecule has 6 heteroatoms. The van der Waals surface area contributed by atoms with E-state index in [1.54, 1.807) is 0 Å². The second-order valence-corrected chi connectivity index (χ2v) is 3.76. The van der Waals surface area contributed by atoms with Gasteiger partial charge < -0.3 is 19.7 Å². The highest BCUT2D eigenvalue weighted by Gasteiger charge is 2.19. The first-order chi connectivity index (χ1) is 8.54. The average molecular weight is 260 g/mol. The number of hydrogen-bond acceptors (Lipinski definition) is 4. The molecule has 0 rings (SSSR count). The molecule has 0 saturated carbocycles. The number of methoxy groups -OCH3 is 2. The van der Waals surface area contributed by atoms with Crippen molar-refractivity contribution in [3.63, 3.8) is 0 Å². The van der Waals surface area contributed by atoms with Crippen LogP contribution in [0.1, 0.15) is 25.7 Å². The van der Waals surface area contributed by atoms with E-state index >= 15 is 0 Å². The van der Waals surface area contributed by atoms with Crippen molar-refractivity contribution in [2.75, 3.05) is 27.4 Å². The minimum absolute atomic E-state index is 0.0457. The Morgan fingerprint density at radius 2 is 1.17 bits per heavy atom. The van der Waals surface area contributed by atoms with Gasteiger partial charge in [0, 0.05) is 38.6 Å². The number of carbonyl (C=O) groups is 2. The topological polar surface area (TPSA) is 93.1 Å². The standard InChI is InChI=1S/C12H20O6/c1-17-7-3-5-9(11(13)14)10(12(15)16)6-4-8-18-2/h3-8H2,1-2H3,(H,13,14)(H,15,16)/b10-9-. The second-order valence-electron chi connectivity index (χ2n) is 3.76. The Morgan fingerprint density at radius 1 is 0.833 bits per heavy atom. The average Bonchev–Trinajstić information content (AvgIpc) is 2.31. The molecule has 0 heterocycles. The summed E-state index contributed by atoms with van der Waals surface area (Å²) in [5.41, 5.74) is -0.0914. The van der Waals surface area contributed by atoms with Gasteiger partial charge in [-0.15, -0.1) is 0 Å². The number of carboxylic acids is 2. The zero-order chi connectivity index (χ0) is 14.0. The molecule has 0 aliphatic rings. The molecule has 0 aromatic carbocycles.